The van der Waals surface area contributed by atoms with E-state index in [4.69, 9.17) is 5.26 Å². The van der Waals surface area contributed by atoms with Gasteiger partial charge in [-0.25, -0.2) is 0 Å². The van der Waals surface area contributed by atoms with Gasteiger partial charge in [0.1, 0.15) is 0 Å². The van der Waals surface area contributed by atoms with Gasteiger partial charge < -0.3 is 5.32 Å². The Hall–Kier alpha value is -0.920. The summed E-state index contributed by atoms with van der Waals surface area (Å²) in [6.07, 6.45) is 0.0245. The summed E-state index contributed by atoms with van der Waals surface area (Å²) in [5.74, 6) is 0.0206. The molecule has 1 N–H and O–H groups in total. The molecule has 0 spiro atoms. The van der Waals surface area contributed by atoms with Gasteiger partial charge in [-0.05, 0) is 7.05 Å². The van der Waals surface area contributed by atoms with Crippen LogP contribution in [0.25, 0.3) is 0 Å². The molecule has 1 aliphatic heterocycles. The summed E-state index contributed by atoms with van der Waals surface area (Å²) in [5.41, 5.74) is 0. The van der Waals surface area contributed by atoms with E-state index in [1.807, 2.05) is 18.0 Å². The summed E-state index contributed by atoms with van der Waals surface area (Å²) in [5, 5.41) is 11.5. The summed E-state index contributed by atoms with van der Waals surface area (Å²) in [6.45, 7) is 2.48. The van der Waals surface area contributed by atoms with Crippen molar-refractivity contribution in [1.82, 2.24) is 10.2 Å². The van der Waals surface area contributed by atoms with Crippen molar-refractivity contribution in [2.75, 3.05) is 26.7 Å². The molecule has 1 aliphatic rings. The van der Waals surface area contributed by atoms with E-state index in [1.54, 1.807) is 0 Å². The molecule has 1 unspecified atom stereocenters. The van der Waals surface area contributed by atoms with Crippen LogP contribution in [0.5, 0.6) is 0 Å². The van der Waals surface area contributed by atoms with Crippen LogP contribution in [-0.4, -0.2) is 43.4 Å². The number of hydrogen-bond donors (Lipinski definition) is 1. The Balaban J connectivity index is 2.49. The van der Waals surface area contributed by atoms with Gasteiger partial charge in [-0.15, -0.1) is 0 Å². The molecule has 0 radical (unpaired) electrons. The number of piperazine rings is 1. The smallest absolute Gasteiger partial charge is 0.165 e. The molecule has 0 saturated carbocycles. The van der Waals surface area contributed by atoms with Gasteiger partial charge in [-0.3, -0.25) is 9.69 Å². The zero-order valence-electron chi connectivity index (χ0n) is 7.21. The highest BCUT2D eigenvalue weighted by Crippen LogP contribution is 2.02. The number of carbonyl (C=O) groups excluding carboxylic acids is 1. The lowest BCUT2D eigenvalue weighted by molar-refractivity contribution is -0.123. The highest BCUT2D eigenvalue weighted by Gasteiger charge is 2.24. The molecular weight excluding hydrogens is 154 g/mol. The summed E-state index contributed by atoms with van der Waals surface area (Å²) in [6, 6.07) is 1.78. The van der Waals surface area contributed by atoms with E-state index >= 15 is 0 Å². The number of nitriles is 1. The second-order valence-electron chi connectivity index (χ2n) is 3.00. The maximum Gasteiger partial charge on any atom is 0.165 e. The number of likely N-dealkylation sites (N-methyl/N-ethyl adjacent to an activating group) is 1. The largest absolute Gasteiger partial charge is 0.313 e. The van der Waals surface area contributed by atoms with Crippen molar-refractivity contribution < 1.29 is 4.79 Å². The van der Waals surface area contributed by atoms with Gasteiger partial charge in [-0.2, -0.15) is 5.26 Å². The topological polar surface area (TPSA) is 56.1 Å². The van der Waals surface area contributed by atoms with Crippen LogP contribution < -0.4 is 5.32 Å². The lowest BCUT2D eigenvalue weighted by Gasteiger charge is -2.31. The number of Topliss-reactive ketones (excluding diaryl/α,β-unsaturated/α-hetero) is 1. The van der Waals surface area contributed by atoms with E-state index in [0.29, 0.717) is 6.54 Å². The van der Waals surface area contributed by atoms with Crippen LogP contribution in [0.1, 0.15) is 6.42 Å². The first kappa shape index (κ1) is 9.17. The summed E-state index contributed by atoms with van der Waals surface area (Å²) >= 11 is 0. The van der Waals surface area contributed by atoms with Crippen LogP contribution >= 0.6 is 0 Å². The number of ketones is 1. The molecule has 0 amide bonds. The monoisotopic (exact) mass is 167 g/mol. The number of hydrogen-bond acceptors (Lipinski definition) is 4. The molecule has 66 valence electrons. The van der Waals surface area contributed by atoms with Crippen LogP contribution in [0.15, 0.2) is 0 Å². The predicted molar refractivity (Wildman–Crippen MR) is 44.5 cm³/mol. The van der Waals surface area contributed by atoms with Crippen molar-refractivity contribution in [3.8, 4) is 6.07 Å². The van der Waals surface area contributed by atoms with Gasteiger partial charge >= 0.3 is 0 Å². The maximum atomic E-state index is 11.3. The molecule has 1 heterocycles. The van der Waals surface area contributed by atoms with Gasteiger partial charge in [0.25, 0.3) is 0 Å². The van der Waals surface area contributed by atoms with E-state index in [2.05, 4.69) is 5.32 Å². The average molecular weight is 167 g/mol. The molecule has 1 fully saturated rings. The Labute approximate surface area is 72.2 Å². The van der Waals surface area contributed by atoms with Crippen LogP contribution in [0.2, 0.25) is 0 Å². The van der Waals surface area contributed by atoms with Crippen LogP contribution in [0.3, 0.4) is 0 Å². The van der Waals surface area contributed by atoms with E-state index < -0.39 is 0 Å². The molecule has 0 aromatic carbocycles. The minimum absolute atomic E-state index is 0.0206. The van der Waals surface area contributed by atoms with Gasteiger partial charge in [0.2, 0.25) is 0 Å². The first-order valence-corrected chi connectivity index (χ1v) is 4.06. The van der Waals surface area contributed by atoms with E-state index in [0.717, 1.165) is 13.1 Å². The van der Waals surface area contributed by atoms with Crippen LogP contribution in [-0.2, 0) is 4.79 Å². The van der Waals surface area contributed by atoms with Gasteiger partial charge in [-0.1, -0.05) is 0 Å². The lowest BCUT2D eigenvalue weighted by Crippen LogP contribution is -2.52. The zero-order chi connectivity index (χ0) is 8.97. The Bertz CT molecular complexity index is 209. The fourth-order valence-electron chi connectivity index (χ4n) is 1.36. The third-order valence-corrected chi connectivity index (χ3v) is 2.14. The van der Waals surface area contributed by atoms with Gasteiger partial charge in [0.15, 0.2) is 5.78 Å². The van der Waals surface area contributed by atoms with Crippen LogP contribution in [0, 0.1) is 11.3 Å². The molecule has 0 aromatic heterocycles. The normalized spacial score (nSPS) is 24.8. The highest BCUT2D eigenvalue weighted by atomic mass is 16.1. The summed E-state index contributed by atoms with van der Waals surface area (Å²) in [7, 11) is 1.92. The molecule has 0 aliphatic carbocycles. The minimum Gasteiger partial charge on any atom is -0.313 e. The number of nitrogens with one attached hydrogen (secondary N) is 1. The molecule has 0 aromatic rings. The molecule has 1 atom stereocenters. The van der Waals surface area contributed by atoms with Gasteiger partial charge in [0, 0.05) is 19.6 Å². The second kappa shape index (κ2) is 4.19. The highest BCUT2D eigenvalue weighted by molar-refractivity contribution is 5.86. The Morgan fingerprint density at radius 2 is 2.58 bits per heavy atom. The standard InChI is InChI=1S/C8H13N3O/c1-11-5-4-10-6-7(11)8(12)2-3-9/h7,10H,2,4-6H2,1H3. The van der Waals surface area contributed by atoms with Crippen molar-refractivity contribution in [2.45, 2.75) is 12.5 Å². The van der Waals surface area contributed by atoms with Crippen molar-refractivity contribution in [3.05, 3.63) is 0 Å². The summed E-state index contributed by atoms with van der Waals surface area (Å²) in [4.78, 5) is 13.3. The Morgan fingerprint density at radius 3 is 3.17 bits per heavy atom. The Kier molecular flexibility index (Phi) is 3.20. The molecule has 1 saturated heterocycles. The fraction of sp³-hybridized carbons (Fsp3) is 0.750. The summed E-state index contributed by atoms with van der Waals surface area (Å²) < 4.78 is 0. The molecule has 0 bridgehead atoms. The van der Waals surface area contributed by atoms with Crippen molar-refractivity contribution in [3.63, 3.8) is 0 Å². The SMILES string of the molecule is CN1CCNCC1C(=O)CC#N. The maximum absolute atomic E-state index is 11.3. The first-order chi connectivity index (χ1) is 5.75. The molecule has 1 rings (SSSR count). The van der Waals surface area contributed by atoms with Crippen molar-refractivity contribution in [1.29, 1.82) is 5.26 Å². The van der Waals surface area contributed by atoms with E-state index in [-0.39, 0.29) is 18.2 Å². The fourth-order valence-corrected chi connectivity index (χ4v) is 1.36. The molecule has 12 heavy (non-hydrogen) atoms. The molecular formula is C8H13N3O. The van der Waals surface area contributed by atoms with Gasteiger partial charge in [0.05, 0.1) is 18.5 Å². The number of rotatable bonds is 2. The Morgan fingerprint density at radius 1 is 1.83 bits per heavy atom. The van der Waals surface area contributed by atoms with E-state index in [1.165, 1.54) is 0 Å². The van der Waals surface area contributed by atoms with Crippen LogP contribution in [0.4, 0.5) is 0 Å². The third-order valence-electron chi connectivity index (χ3n) is 2.14. The lowest BCUT2D eigenvalue weighted by atomic mass is 10.1. The van der Waals surface area contributed by atoms with E-state index in [9.17, 15) is 4.79 Å². The van der Waals surface area contributed by atoms with Crippen molar-refractivity contribution in [2.24, 2.45) is 0 Å². The minimum atomic E-state index is -0.0987. The average Bonchev–Trinajstić information content (AvgIpc) is 2.05. The molecule has 4 heteroatoms. The predicted octanol–water partition coefficient (Wildman–Crippen LogP) is -0.627. The third kappa shape index (κ3) is 2.03. The van der Waals surface area contributed by atoms with Crippen molar-refractivity contribution >= 4 is 5.78 Å². The molecule has 4 nitrogen and oxygen atoms in total. The quantitative estimate of drug-likeness (QED) is 0.595. The number of nitrogens with zero attached hydrogens (tertiary/aromatic N) is 2. The zero-order valence-corrected chi connectivity index (χ0v) is 7.21. The number of carbonyl (C=O) groups is 1. The second-order valence-corrected chi connectivity index (χ2v) is 3.00. The first-order valence-electron chi connectivity index (χ1n) is 4.06.